The zero-order chi connectivity index (χ0) is 79.7. The molecule has 4 spiro atoms. The Hall–Kier alpha value is -6.05. The van der Waals surface area contributed by atoms with Gasteiger partial charge in [-0.3, -0.25) is 42.4 Å². The molecule has 0 bridgehead atoms. The third-order valence-electron chi connectivity index (χ3n) is 25.2. The Morgan fingerprint density at radius 2 is 0.741 bits per heavy atom. The Balaban J connectivity index is 0.000000131. The fourth-order valence-electron chi connectivity index (χ4n) is 18.3. The van der Waals surface area contributed by atoms with Gasteiger partial charge in [0.2, 0.25) is 23.8 Å². The summed E-state index contributed by atoms with van der Waals surface area (Å²) in [5.74, 6) is 4.67. The lowest BCUT2D eigenvalue weighted by molar-refractivity contribution is 0.0607. The van der Waals surface area contributed by atoms with Crippen LogP contribution in [0, 0.1) is 40.4 Å². The molecule has 0 unspecified atom stereocenters. The first-order chi connectivity index (χ1) is 53.5. The van der Waals surface area contributed by atoms with Crippen LogP contribution in [0.3, 0.4) is 0 Å². The predicted molar refractivity (Wildman–Crippen MR) is 457 cm³/mol. The number of piperidine rings is 4. The van der Waals surface area contributed by atoms with E-state index in [0.717, 1.165) is 162 Å². The molecule has 10 N–H and O–H groups in total. The minimum absolute atomic E-state index is 0.00951. The van der Waals surface area contributed by atoms with Crippen molar-refractivity contribution in [2.75, 3.05) is 77.7 Å². The van der Waals surface area contributed by atoms with Crippen LogP contribution in [0.1, 0.15) is 129 Å². The number of hydrogen-bond acceptors (Lipinski definition) is 23. The second-order valence-electron chi connectivity index (χ2n) is 32.1. The fourth-order valence-corrected chi connectivity index (χ4v) is 23.1. The highest BCUT2D eigenvalue weighted by atomic mass is 35.5. The first-order valence-corrected chi connectivity index (χ1v) is 43.8. The Morgan fingerprint density at radius 3 is 1.07 bits per heavy atom. The summed E-state index contributed by atoms with van der Waals surface area (Å²) in [5, 5.41) is 2.31. The van der Waals surface area contributed by atoms with Crippen LogP contribution in [-0.4, -0.2) is 125 Å². The summed E-state index contributed by atoms with van der Waals surface area (Å²) in [7, 11) is 7.14. The van der Waals surface area contributed by atoms with Gasteiger partial charge in [-0.2, -0.15) is 0 Å². The van der Waals surface area contributed by atoms with E-state index >= 15 is 0 Å². The molecular weight excluding hydrogens is 1600 g/mol. The van der Waals surface area contributed by atoms with Gasteiger partial charge in [0.15, 0.2) is 0 Å². The van der Waals surface area contributed by atoms with Gasteiger partial charge >= 0.3 is 0 Å². The Kier molecular flexibility index (Phi) is 26.5. The summed E-state index contributed by atoms with van der Waals surface area (Å²) in [6.45, 7) is 13.7. The third-order valence-corrected chi connectivity index (χ3v) is 31.8. The Morgan fingerprint density at radius 1 is 0.393 bits per heavy atom. The highest BCUT2D eigenvalue weighted by Gasteiger charge is 2.49. The van der Waals surface area contributed by atoms with Crippen LogP contribution in [0.4, 0.5) is 29.6 Å². The van der Waals surface area contributed by atoms with Crippen LogP contribution in [0.15, 0.2) is 150 Å². The van der Waals surface area contributed by atoms with Crippen LogP contribution in [0.25, 0.3) is 0 Å². The van der Waals surface area contributed by atoms with E-state index in [-0.39, 0.29) is 44.5 Å². The molecule has 112 heavy (non-hydrogen) atoms. The van der Waals surface area contributed by atoms with E-state index in [9.17, 15) is 19.2 Å². The number of aromatic nitrogens is 10. The molecule has 4 aliphatic heterocycles. The number of anilines is 5. The molecule has 4 saturated heterocycles. The lowest BCUT2D eigenvalue weighted by atomic mass is 9.60. The van der Waals surface area contributed by atoms with Crippen LogP contribution in [0.2, 0.25) is 25.1 Å². The zero-order valence-electron chi connectivity index (χ0n) is 64.6. The fraction of sp³-hybridized carbons (Fsp3) is 0.525. The van der Waals surface area contributed by atoms with Gasteiger partial charge < -0.3 is 48.3 Å². The second-order valence-corrected chi connectivity index (χ2v) is 38.4. The number of nitrogens with zero attached hydrogens (tertiary/aromatic N) is 14. The number of aryl methyl sites for hydroxylation is 1. The highest BCUT2D eigenvalue weighted by molar-refractivity contribution is 8.00. The maximum absolute atomic E-state index is 12.9. The van der Waals surface area contributed by atoms with Crippen molar-refractivity contribution in [3.63, 3.8) is 0 Å². The minimum atomic E-state index is -0.0991. The summed E-state index contributed by atoms with van der Waals surface area (Å²) < 4.78 is 6.56. The quantitative estimate of drug-likeness (QED) is 0.0759. The topological polar surface area (TPSA) is 308 Å². The van der Waals surface area contributed by atoms with Gasteiger partial charge in [-0.15, -0.1) is 0 Å². The van der Waals surface area contributed by atoms with Gasteiger partial charge in [0, 0.05) is 137 Å². The van der Waals surface area contributed by atoms with Crippen molar-refractivity contribution in [3.05, 3.63) is 164 Å². The average Bonchev–Trinajstić information content (AvgIpc) is 0.861. The molecule has 23 nitrogen and oxygen atoms in total. The van der Waals surface area contributed by atoms with Gasteiger partial charge in [0.25, 0.3) is 22.2 Å². The SMILES string of the molecule is C[C@H]1C[C@@H](N)C2(CCN(c3ncc(Sc4cc(N)ncc4Cl)c(=O)n3C)CC2)C1.Cc1ncccc1Sc1cnc(N2CCC3(CC2)C[C@@H](C)C[C@H]3N)n(C)c1=O.Cn1c(N2CCC3(CCC[C@H]3N)CC2)ncc(Sc2cccc(Cl)c2Cl)c1=O.Cn1c(N2CCC3(CC[C@@H]3N)CC2)ncc(Sc2cccc(Cl)c2Cl)c1=O. The van der Waals surface area contributed by atoms with E-state index in [4.69, 9.17) is 86.7 Å². The summed E-state index contributed by atoms with van der Waals surface area (Å²) in [5.41, 5.74) is 33.1. The largest absolute Gasteiger partial charge is 0.384 e. The van der Waals surface area contributed by atoms with Gasteiger partial charge in [0.05, 0.1) is 75.2 Å². The van der Waals surface area contributed by atoms with Crippen molar-refractivity contribution >= 4 is 135 Å². The van der Waals surface area contributed by atoms with Gasteiger partial charge in [-0.05, 0) is 186 Å². The summed E-state index contributed by atoms with van der Waals surface area (Å²) >= 11 is 36.1. The number of pyridine rings is 2. The van der Waals surface area contributed by atoms with E-state index in [1.165, 1.54) is 85.3 Å². The summed E-state index contributed by atoms with van der Waals surface area (Å²) in [4.78, 5) is 92.5. The number of nitrogens with two attached hydrogens (primary N) is 5. The molecule has 6 aromatic heterocycles. The predicted octanol–water partition coefficient (Wildman–Crippen LogP) is 14.2. The van der Waals surface area contributed by atoms with Crippen molar-refractivity contribution in [3.8, 4) is 0 Å². The smallest absolute Gasteiger partial charge is 0.268 e. The van der Waals surface area contributed by atoms with Gasteiger partial charge in [-0.25, -0.2) is 24.9 Å². The number of nitrogen functional groups attached to an aromatic ring is 1. The van der Waals surface area contributed by atoms with Crippen molar-refractivity contribution < 1.29 is 0 Å². The first-order valence-electron chi connectivity index (χ1n) is 38.7. The van der Waals surface area contributed by atoms with Gasteiger partial charge in [-0.1, -0.05) is 137 Å². The second kappa shape index (κ2) is 35.4. The highest BCUT2D eigenvalue weighted by Crippen LogP contribution is 2.52. The molecule has 6 atom stereocenters. The van der Waals surface area contributed by atoms with Crippen LogP contribution in [-0.2, 0) is 28.2 Å². The van der Waals surface area contributed by atoms with E-state index in [0.29, 0.717) is 103 Å². The van der Waals surface area contributed by atoms with E-state index in [1.54, 1.807) is 88.6 Å². The number of rotatable bonds is 12. The molecule has 8 aromatic rings. The lowest BCUT2D eigenvalue weighted by Crippen LogP contribution is -2.56. The molecule has 4 saturated carbocycles. The molecule has 8 fully saturated rings. The molecule has 16 rings (SSSR count). The maximum atomic E-state index is 12.9. The Labute approximate surface area is 697 Å². The molecule has 0 radical (unpaired) electrons. The number of hydrogen-bond donors (Lipinski definition) is 5. The number of benzene rings is 2. The lowest BCUT2D eigenvalue weighted by Gasteiger charge is -2.52. The standard InChI is InChI=1S/C21H29N5OS.C20H24Cl2N4OS.C20H27ClN6OS.C19H22Cl2N4OS/c1-14-11-18(22)21(12-14)6-9-26(10-7-21)20-24-13-17(19(27)25(20)3)28-16-5-4-8-23-15(16)2;1-25-18(27)15(28-14-5-2-4-13(21)17(14)22)12-24-19(25)26-10-8-20(9-11-26)7-3-6-16(20)23;1-12-7-16(22)20(9-12)3-5-27(6-4-20)19-25-11-15(18(28)26(19)2)29-14-8-17(23)24-10-13(14)21;1-24-17(26)14(27-13-4-2-3-12(20)16(13)21)11-23-18(24)25-9-7-19(8-10-25)6-5-15(19)22/h4-5,8,13-14,18H,6-7,9-12,22H2,1-3H3;2,4-5,12,16H,3,6-11,23H2,1H3;8,10-12,16H,3-7,9,22H2,1-2H3,(H2,23,24);2-4,11,15H,5-10,22H2,1H3/t14-,18+;16-;12-,16+;15-/m0100/s1. The third kappa shape index (κ3) is 17.8. The van der Waals surface area contributed by atoms with Crippen LogP contribution >= 0.6 is 105 Å². The normalized spacial score (nSPS) is 22.6. The molecule has 10 heterocycles. The van der Waals surface area contributed by atoms with Crippen molar-refractivity contribution in [2.45, 2.75) is 193 Å². The molecule has 32 heteroatoms. The van der Waals surface area contributed by atoms with Crippen LogP contribution in [0.5, 0.6) is 0 Å². The van der Waals surface area contributed by atoms with E-state index in [2.05, 4.69) is 63.4 Å². The van der Waals surface area contributed by atoms with E-state index < -0.39 is 0 Å². The molecule has 2 aromatic carbocycles. The minimum Gasteiger partial charge on any atom is -0.384 e. The molecule has 4 aliphatic carbocycles. The Bertz CT molecular complexity index is 4980. The molecule has 0 amide bonds. The average molecular weight is 1700 g/mol. The van der Waals surface area contributed by atoms with E-state index in [1.807, 2.05) is 50.4 Å². The summed E-state index contributed by atoms with van der Waals surface area (Å²) in [6, 6.07) is 17.6. The van der Waals surface area contributed by atoms with Crippen LogP contribution < -0.4 is 70.5 Å². The first kappa shape index (κ1) is 83.9. The number of halogens is 5. The maximum Gasteiger partial charge on any atom is 0.268 e. The summed E-state index contributed by atoms with van der Waals surface area (Å²) in [6.07, 6.45) is 29.1. The molecule has 600 valence electrons. The van der Waals surface area contributed by atoms with Gasteiger partial charge in [0.1, 0.15) is 5.82 Å². The monoisotopic (exact) mass is 1700 g/mol. The van der Waals surface area contributed by atoms with Crippen molar-refractivity contribution in [1.29, 1.82) is 0 Å². The van der Waals surface area contributed by atoms with Crippen molar-refractivity contribution in [2.24, 2.45) is 84.6 Å². The van der Waals surface area contributed by atoms with Crippen molar-refractivity contribution in [1.82, 2.24) is 48.2 Å². The zero-order valence-corrected chi connectivity index (χ0v) is 71.7. The molecular formula is C80H102Cl5N19O4S4. The molecule has 8 aliphatic rings.